The first kappa shape index (κ1) is 22.2. The molecule has 0 saturated carbocycles. The summed E-state index contributed by atoms with van der Waals surface area (Å²) in [7, 11) is 2.02. The molecule has 0 spiro atoms. The highest BCUT2D eigenvalue weighted by Gasteiger charge is 2.25. The Morgan fingerprint density at radius 1 is 1.28 bits per heavy atom. The van der Waals surface area contributed by atoms with Gasteiger partial charge in [-0.05, 0) is 51.4 Å². The van der Waals surface area contributed by atoms with Crippen LogP contribution in [0.1, 0.15) is 40.2 Å². The lowest BCUT2D eigenvalue weighted by Crippen LogP contribution is -2.40. The van der Waals surface area contributed by atoms with Gasteiger partial charge in [-0.1, -0.05) is 24.3 Å². The van der Waals surface area contributed by atoms with Crippen LogP contribution in [0.4, 0.5) is 5.69 Å². The molecule has 0 amide bonds. The van der Waals surface area contributed by atoms with Crippen molar-refractivity contribution in [3.05, 3.63) is 70.6 Å². The minimum atomic E-state index is 0.345. The Morgan fingerprint density at radius 2 is 2.03 bits per heavy atom. The number of nitrogens with zero attached hydrogens (tertiary/aromatic N) is 3. The molecule has 0 atom stereocenters. The van der Waals surface area contributed by atoms with Crippen LogP contribution in [-0.2, 0) is 0 Å². The highest BCUT2D eigenvalue weighted by atomic mass is 32.1. The molecule has 0 bridgehead atoms. The molecule has 1 fully saturated rings. The van der Waals surface area contributed by atoms with Crippen LogP contribution in [0.5, 0.6) is 0 Å². The first-order valence-electron chi connectivity index (χ1n) is 10.9. The predicted octanol–water partition coefficient (Wildman–Crippen LogP) is 4.47. The minimum absolute atomic E-state index is 0.345. The number of rotatable bonds is 6. The van der Waals surface area contributed by atoms with Gasteiger partial charge in [0.1, 0.15) is 10.7 Å². The zero-order valence-electron chi connectivity index (χ0n) is 18.9. The van der Waals surface area contributed by atoms with E-state index in [0.29, 0.717) is 22.4 Å². The molecule has 2 aromatic heterocycles. The number of hydrogen-bond acceptors (Lipinski definition) is 7. The quantitative estimate of drug-likeness (QED) is 0.384. The Bertz CT molecular complexity index is 1140. The van der Waals surface area contributed by atoms with Gasteiger partial charge in [-0.15, -0.1) is 11.3 Å². The van der Waals surface area contributed by atoms with Gasteiger partial charge < -0.3 is 16.0 Å². The van der Waals surface area contributed by atoms with Crippen LogP contribution < -0.4 is 11.1 Å². The highest BCUT2D eigenvalue weighted by Crippen LogP contribution is 2.37. The molecule has 0 unspecified atom stereocenters. The van der Waals surface area contributed by atoms with Crippen LogP contribution in [0.3, 0.4) is 0 Å². The summed E-state index contributed by atoms with van der Waals surface area (Å²) in [6.07, 6.45) is 5.75. The maximum atomic E-state index is 8.91. The zero-order valence-corrected chi connectivity index (χ0v) is 19.7. The van der Waals surface area contributed by atoms with Crippen molar-refractivity contribution in [3.8, 4) is 10.4 Å². The van der Waals surface area contributed by atoms with Crippen molar-refractivity contribution in [2.45, 2.75) is 32.7 Å². The Balaban J connectivity index is 1.74. The number of nitrogens with one attached hydrogen (secondary N) is 2. The van der Waals surface area contributed by atoms with Crippen LogP contribution in [0.15, 0.2) is 43.2 Å². The number of likely N-dealkylation sites (tertiary alicyclic amines) is 1. The summed E-state index contributed by atoms with van der Waals surface area (Å²) in [5.74, 6) is 0. The van der Waals surface area contributed by atoms with Crippen LogP contribution in [0.25, 0.3) is 16.1 Å². The smallest absolute Gasteiger partial charge is 0.143 e. The number of nitrogen functional groups attached to an aromatic ring is 1. The van der Waals surface area contributed by atoms with Gasteiger partial charge in [0, 0.05) is 48.3 Å². The molecule has 1 aromatic carbocycles. The number of piperidine rings is 1. The Hall–Kier alpha value is -3.03. The molecule has 7 heteroatoms. The standard InChI is InChI=1S/C25H30N6S/c1-15-12-16(2)21(26)20(13-15)22(27)25-30-23(24(32-25)18-6-5-9-29-14-18)17(3)31-10-7-19(28-4)8-11-31/h5-6,9,12-14,19,27-28H,3,7-8,10-11,26H2,1-2,4H3. The van der Waals surface area contributed by atoms with Crippen molar-refractivity contribution in [2.75, 3.05) is 25.9 Å². The molecule has 1 aliphatic rings. The predicted molar refractivity (Wildman–Crippen MR) is 134 cm³/mol. The minimum Gasteiger partial charge on any atom is -0.398 e. The van der Waals surface area contributed by atoms with Crippen LogP contribution in [0.2, 0.25) is 0 Å². The average molecular weight is 447 g/mol. The van der Waals surface area contributed by atoms with Gasteiger partial charge in [0.2, 0.25) is 0 Å². The normalized spacial score (nSPS) is 14.5. The average Bonchev–Trinajstić information content (AvgIpc) is 3.26. The lowest BCUT2D eigenvalue weighted by Gasteiger charge is -2.34. The van der Waals surface area contributed by atoms with Crippen LogP contribution >= 0.6 is 11.3 Å². The number of nitrogens with two attached hydrogens (primary N) is 1. The second kappa shape index (κ2) is 9.22. The summed E-state index contributed by atoms with van der Waals surface area (Å²) in [5.41, 5.74) is 12.8. The number of aryl methyl sites for hydroxylation is 2. The third-order valence-corrected chi connectivity index (χ3v) is 7.25. The molecule has 4 N–H and O–H groups in total. The van der Waals surface area contributed by atoms with Crippen molar-refractivity contribution < 1.29 is 0 Å². The summed E-state index contributed by atoms with van der Waals surface area (Å²) in [6, 6.07) is 8.50. The van der Waals surface area contributed by atoms with E-state index in [0.717, 1.165) is 64.5 Å². The molecule has 3 aromatic rings. The van der Waals surface area contributed by atoms with Crippen molar-refractivity contribution in [1.82, 2.24) is 20.2 Å². The summed E-state index contributed by atoms with van der Waals surface area (Å²) >= 11 is 1.50. The maximum Gasteiger partial charge on any atom is 0.143 e. The van der Waals surface area contributed by atoms with Gasteiger partial charge in [-0.25, -0.2) is 4.98 Å². The van der Waals surface area contributed by atoms with E-state index in [2.05, 4.69) is 21.8 Å². The lowest BCUT2D eigenvalue weighted by atomic mass is 10.0. The van der Waals surface area contributed by atoms with Gasteiger partial charge in [0.15, 0.2) is 0 Å². The lowest BCUT2D eigenvalue weighted by molar-refractivity contribution is 0.279. The number of pyridine rings is 1. The highest BCUT2D eigenvalue weighted by molar-refractivity contribution is 7.17. The molecule has 1 aliphatic heterocycles. The van der Waals surface area contributed by atoms with E-state index in [1.807, 2.05) is 51.4 Å². The molecule has 32 heavy (non-hydrogen) atoms. The largest absolute Gasteiger partial charge is 0.398 e. The van der Waals surface area contributed by atoms with E-state index in [4.69, 9.17) is 16.1 Å². The van der Waals surface area contributed by atoms with Crippen molar-refractivity contribution in [2.24, 2.45) is 0 Å². The van der Waals surface area contributed by atoms with Gasteiger partial charge in [0.25, 0.3) is 0 Å². The fourth-order valence-electron chi connectivity index (χ4n) is 4.20. The molecule has 3 heterocycles. The molecular formula is C25H30N6S. The molecule has 0 radical (unpaired) electrons. The van der Waals surface area contributed by atoms with E-state index in [1.54, 1.807) is 6.20 Å². The third-order valence-electron chi connectivity index (χ3n) is 6.12. The van der Waals surface area contributed by atoms with Crippen molar-refractivity contribution in [3.63, 3.8) is 0 Å². The second-order valence-electron chi connectivity index (χ2n) is 8.35. The third kappa shape index (κ3) is 4.31. The summed E-state index contributed by atoms with van der Waals surface area (Å²) < 4.78 is 0. The SMILES string of the molecule is C=C(c1nc(C(=N)c2cc(C)cc(C)c2N)sc1-c1cccnc1)N1CCC(NC)CC1. The number of hydrogen-bond donors (Lipinski definition) is 3. The van der Waals surface area contributed by atoms with Gasteiger partial charge in [0.05, 0.1) is 16.3 Å². The van der Waals surface area contributed by atoms with Crippen LogP contribution in [-0.4, -0.2) is 46.8 Å². The summed E-state index contributed by atoms with van der Waals surface area (Å²) in [6.45, 7) is 10.3. The van der Waals surface area contributed by atoms with E-state index in [9.17, 15) is 0 Å². The first-order valence-corrected chi connectivity index (χ1v) is 11.7. The number of anilines is 1. The molecular weight excluding hydrogens is 416 g/mol. The zero-order chi connectivity index (χ0) is 22.8. The number of aromatic nitrogens is 2. The van der Waals surface area contributed by atoms with Gasteiger partial charge in [-0.2, -0.15) is 0 Å². The fraction of sp³-hybridized carbons (Fsp3) is 0.320. The monoisotopic (exact) mass is 446 g/mol. The molecule has 0 aliphatic carbocycles. The van der Waals surface area contributed by atoms with Crippen LogP contribution in [0, 0.1) is 19.3 Å². The molecule has 1 saturated heterocycles. The van der Waals surface area contributed by atoms with E-state index < -0.39 is 0 Å². The number of benzene rings is 1. The maximum absolute atomic E-state index is 8.91. The Morgan fingerprint density at radius 3 is 2.69 bits per heavy atom. The first-order chi connectivity index (χ1) is 15.4. The molecule has 166 valence electrons. The van der Waals surface area contributed by atoms with E-state index >= 15 is 0 Å². The molecule has 6 nitrogen and oxygen atoms in total. The van der Waals surface area contributed by atoms with E-state index in [-0.39, 0.29) is 0 Å². The second-order valence-corrected chi connectivity index (χ2v) is 9.35. The van der Waals surface area contributed by atoms with Crippen molar-refractivity contribution in [1.29, 1.82) is 5.41 Å². The topological polar surface area (TPSA) is 90.9 Å². The van der Waals surface area contributed by atoms with Gasteiger partial charge in [-0.3, -0.25) is 10.4 Å². The Labute approximate surface area is 193 Å². The number of thiazole rings is 1. The Kier molecular flexibility index (Phi) is 6.39. The van der Waals surface area contributed by atoms with Crippen molar-refractivity contribution >= 4 is 28.4 Å². The summed E-state index contributed by atoms with van der Waals surface area (Å²) in [4.78, 5) is 12.5. The molecule has 4 rings (SSSR count). The fourth-order valence-corrected chi connectivity index (χ4v) is 5.25. The van der Waals surface area contributed by atoms with Gasteiger partial charge >= 0.3 is 0 Å². The van der Waals surface area contributed by atoms with E-state index in [1.165, 1.54) is 11.3 Å². The summed E-state index contributed by atoms with van der Waals surface area (Å²) in [5, 5.41) is 12.9.